The molecule has 1 amide bonds. The summed E-state index contributed by atoms with van der Waals surface area (Å²) >= 11 is 12.1. The molecule has 3 rings (SSSR count). The molecule has 0 saturated heterocycles. The standard InChI is InChI=1S/C20H21Cl2NO/c1-13-4-5-18-15(8-13)12-23(7-6-20(18,2)3)19(24)14-9-16(21)11-17(22)10-14/h4-5,8-11H,6-7,12H2,1-3H3. The van der Waals surface area contributed by atoms with Gasteiger partial charge in [-0.25, -0.2) is 0 Å². The molecule has 0 saturated carbocycles. The molecule has 126 valence electrons. The van der Waals surface area contributed by atoms with Gasteiger partial charge in [-0.05, 0) is 48.1 Å². The molecule has 4 heteroatoms. The van der Waals surface area contributed by atoms with Gasteiger partial charge in [0.15, 0.2) is 0 Å². The molecule has 1 aliphatic rings. The van der Waals surface area contributed by atoms with E-state index in [0.29, 0.717) is 28.7 Å². The summed E-state index contributed by atoms with van der Waals surface area (Å²) in [5.41, 5.74) is 4.35. The molecular weight excluding hydrogens is 341 g/mol. The minimum Gasteiger partial charge on any atom is -0.334 e. The Morgan fingerprint density at radius 3 is 2.42 bits per heavy atom. The van der Waals surface area contributed by atoms with Crippen LogP contribution in [-0.4, -0.2) is 17.4 Å². The summed E-state index contributed by atoms with van der Waals surface area (Å²) in [6.45, 7) is 7.89. The van der Waals surface area contributed by atoms with E-state index < -0.39 is 0 Å². The molecule has 2 aromatic rings. The highest BCUT2D eigenvalue weighted by Gasteiger charge is 2.30. The van der Waals surface area contributed by atoms with Crippen LogP contribution in [0.4, 0.5) is 0 Å². The van der Waals surface area contributed by atoms with Crippen LogP contribution in [0.2, 0.25) is 10.0 Å². The average Bonchev–Trinajstić information content (AvgIpc) is 2.61. The Morgan fingerprint density at radius 1 is 1.08 bits per heavy atom. The number of rotatable bonds is 1. The molecule has 0 unspecified atom stereocenters. The molecular formula is C20H21Cl2NO. The maximum absolute atomic E-state index is 13.0. The summed E-state index contributed by atoms with van der Waals surface area (Å²) in [4.78, 5) is 14.9. The van der Waals surface area contributed by atoms with Crippen LogP contribution in [0.25, 0.3) is 0 Å². The average molecular weight is 362 g/mol. The van der Waals surface area contributed by atoms with Gasteiger partial charge in [-0.2, -0.15) is 0 Å². The summed E-state index contributed by atoms with van der Waals surface area (Å²) in [5.74, 6) is -0.0236. The van der Waals surface area contributed by atoms with Crippen LogP contribution in [0.3, 0.4) is 0 Å². The Balaban J connectivity index is 1.97. The minimum absolute atomic E-state index is 0.0236. The van der Waals surface area contributed by atoms with E-state index in [1.54, 1.807) is 18.2 Å². The third kappa shape index (κ3) is 3.45. The third-order valence-corrected chi connectivity index (χ3v) is 5.19. The molecule has 1 aliphatic heterocycles. The second-order valence-corrected chi connectivity index (χ2v) is 8.05. The molecule has 0 bridgehead atoms. The molecule has 24 heavy (non-hydrogen) atoms. The summed E-state index contributed by atoms with van der Waals surface area (Å²) in [7, 11) is 0. The second-order valence-electron chi connectivity index (χ2n) is 7.18. The van der Waals surface area contributed by atoms with Crippen molar-refractivity contribution in [3.63, 3.8) is 0 Å². The van der Waals surface area contributed by atoms with Crippen LogP contribution >= 0.6 is 23.2 Å². The van der Waals surface area contributed by atoms with E-state index >= 15 is 0 Å². The number of amides is 1. The van der Waals surface area contributed by atoms with Crippen LogP contribution in [0, 0.1) is 6.92 Å². The Labute approximate surface area is 153 Å². The number of fused-ring (bicyclic) bond motifs is 1. The van der Waals surface area contributed by atoms with Crippen molar-refractivity contribution in [3.8, 4) is 0 Å². The van der Waals surface area contributed by atoms with E-state index in [0.717, 1.165) is 6.42 Å². The van der Waals surface area contributed by atoms with Crippen LogP contribution in [0.5, 0.6) is 0 Å². The van der Waals surface area contributed by atoms with E-state index in [4.69, 9.17) is 23.2 Å². The topological polar surface area (TPSA) is 20.3 Å². The van der Waals surface area contributed by atoms with Gasteiger partial charge in [-0.1, -0.05) is 60.8 Å². The summed E-state index contributed by atoms with van der Waals surface area (Å²) in [6, 6.07) is 11.5. The number of nitrogens with zero attached hydrogens (tertiary/aromatic N) is 1. The Kier molecular flexibility index (Phi) is 4.63. The lowest BCUT2D eigenvalue weighted by atomic mass is 9.79. The van der Waals surface area contributed by atoms with E-state index in [1.165, 1.54) is 16.7 Å². The number of aryl methyl sites for hydroxylation is 1. The van der Waals surface area contributed by atoms with E-state index in [1.807, 2.05) is 4.90 Å². The molecule has 1 heterocycles. The minimum atomic E-state index is -0.0236. The van der Waals surface area contributed by atoms with E-state index in [2.05, 4.69) is 39.0 Å². The zero-order valence-corrected chi connectivity index (χ0v) is 15.7. The number of benzene rings is 2. The molecule has 0 radical (unpaired) electrons. The first-order valence-corrected chi connectivity index (χ1v) is 8.87. The molecule has 0 aliphatic carbocycles. The Morgan fingerprint density at radius 2 is 1.75 bits per heavy atom. The summed E-state index contributed by atoms with van der Waals surface area (Å²) in [5, 5.41) is 0.967. The maximum Gasteiger partial charge on any atom is 0.254 e. The number of hydrogen-bond acceptors (Lipinski definition) is 1. The number of carbonyl (C=O) groups excluding carboxylic acids is 1. The van der Waals surface area contributed by atoms with Crippen molar-refractivity contribution in [2.45, 2.75) is 39.2 Å². The van der Waals surface area contributed by atoms with Crippen LogP contribution in [0.15, 0.2) is 36.4 Å². The monoisotopic (exact) mass is 361 g/mol. The SMILES string of the molecule is Cc1ccc2c(c1)CN(C(=O)c1cc(Cl)cc(Cl)c1)CCC2(C)C. The molecule has 0 aromatic heterocycles. The first kappa shape index (κ1) is 17.3. The number of halogens is 2. The lowest BCUT2D eigenvalue weighted by molar-refractivity contribution is 0.0740. The fourth-order valence-electron chi connectivity index (χ4n) is 3.38. The van der Waals surface area contributed by atoms with E-state index in [9.17, 15) is 4.79 Å². The van der Waals surface area contributed by atoms with Gasteiger partial charge in [0.05, 0.1) is 0 Å². The van der Waals surface area contributed by atoms with Gasteiger partial charge in [0.2, 0.25) is 0 Å². The van der Waals surface area contributed by atoms with Gasteiger partial charge in [-0.3, -0.25) is 4.79 Å². The second kappa shape index (κ2) is 6.42. The maximum atomic E-state index is 13.0. The summed E-state index contributed by atoms with van der Waals surface area (Å²) < 4.78 is 0. The highest BCUT2D eigenvalue weighted by Crippen LogP contribution is 2.35. The van der Waals surface area contributed by atoms with E-state index in [-0.39, 0.29) is 11.3 Å². The zero-order chi connectivity index (χ0) is 17.5. The first-order valence-electron chi connectivity index (χ1n) is 8.12. The number of hydrogen-bond donors (Lipinski definition) is 0. The quantitative estimate of drug-likeness (QED) is 0.644. The molecule has 0 N–H and O–H groups in total. The molecule has 0 fully saturated rings. The molecule has 2 aromatic carbocycles. The highest BCUT2D eigenvalue weighted by atomic mass is 35.5. The fourth-order valence-corrected chi connectivity index (χ4v) is 3.91. The number of carbonyl (C=O) groups is 1. The van der Waals surface area contributed by atoms with Crippen LogP contribution < -0.4 is 0 Å². The lowest BCUT2D eigenvalue weighted by Gasteiger charge is -2.25. The largest absolute Gasteiger partial charge is 0.334 e. The van der Waals surface area contributed by atoms with Crippen molar-refractivity contribution in [1.82, 2.24) is 4.90 Å². The Bertz CT molecular complexity index is 778. The predicted molar refractivity (Wildman–Crippen MR) is 100 cm³/mol. The Hall–Kier alpha value is -1.51. The molecule has 2 nitrogen and oxygen atoms in total. The fraction of sp³-hybridized carbons (Fsp3) is 0.350. The van der Waals surface area contributed by atoms with Crippen LogP contribution in [-0.2, 0) is 12.0 Å². The van der Waals surface area contributed by atoms with Crippen LogP contribution in [0.1, 0.15) is 47.3 Å². The zero-order valence-electron chi connectivity index (χ0n) is 14.2. The smallest absolute Gasteiger partial charge is 0.254 e. The molecule has 0 atom stereocenters. The van der Waals surface area contributed by atoms with Gasteiger partial charge in [0.25, 0.3) is 5.91 Å². The van der Waals surface area contributed by atoms with Crippen molar-refractivity contribution in [2.75, 3.05) is 6.54 Å². The van der Waals surface area contributed by atoms with Crippen molar-refractivity contribution < 1.29 is 4.79 Å². The predicted octanol–water partition coefficient (Wildman–Crippen LogP) is 5.63. The van der Waals surface area contributed by atoms with Crippen molar-refractivity contribution in [3.05, 3.63) is 68.7 Å². The van der Waals surface area contributed by atoms with Gasteiger partial charge in [-0.15, -0.1) is 0 Å². The van der Waals surface area contributed by atoms with Gasteiger partial charge in [0.1, 0.15) is 0 Å². The van der Waals surface area contributed by atoms with Gasteiger partial charge in [0, 0.05) is 28.7 Å². The highest BCUT2D eigenvalue weighted by molar-refractivity contribution is 6.35. The van der Waals surface area contributed by atoms with Crippen molar-refractivity contribution in [1.29, 1.82) is 0 Å². The van der Waals surface area contributed by atoms with Crippen molar-refractivity contribution in [2.24, 2.45) is 0 Å². The first-order chi connectivity index (χ1) is 11.3. The summed E-state index contributed by atoms with van der Waals surface area (Å²) in [6.07, 6.45) is 0.920. The third-order valence-electron chi connectivity index (χ3n) is 4.75. The lowest BCUT2D eigenvalue weighted by Crippen LogP contribution is -2.31. The van der Waals surface area contributed by atoms with Gasteiger partial charge < -0.3 is 4.90 Å². The normalized spacial score (nSPS) is 16.5. The van der Waals surface area contributed by atoms with Crippen molar-refractivity contribution >= 4 is 29.1 Å². The van der Waals surface area contributed by atoms with Gasteiger partial charge >= 0.3 is 0 Å². The molecule has 0 spiro atoms.